The van der Waals surface area contributed by atoms with E-state index in [1.54, 1.807) is 11.3 Å². The zero-order valence-electron chi connectivity index (χ0n) is 12.2. The monoisotopic (exact) mass is 380 g/mol. The molecule has 2 heterocycles. The summed E-state index contributed by atoms with van der Waals surface area (Å²) in [6.45, 7) is 0. The minimum absolute atomic E-state index is 1.000. The molecule has 2 nitrogen and oxygen atoms in total. The summed E-state index contributed by atoms with van der Waals surface area (Å²) in [7, 11) is 0. The van der Waals surface area contributed by atoms with E-state index in [2.05, 4.69) is 63.2 Å². The number of hydrogen-bond donors (Lipinski definition) is 0. The van der Waals surface area contributed by atoms with Gasteiger partial charge in [0.25, 0.3) is 0 Å². The summed E-state index contributed by atoms with van der Waals surface area (Å²) in [5.74, 6) is 0. The second kappa shape index (κ2) is 6.14. The molecule has 4 heteroatoms. The van der Waals surface area contributed by atoms with Crippen molar-refractivity contribution in [3.05, 3.63) is 82.1 Å². The second-order valence-corrected chi connectivity index (χ2v) is 6.89. The molecule has 0 spiro atoms. The molecule has 4 rings (SSSR count). The zero-order chi connectivity index (χ0) is 15.6. The van der Waals surface area contributed by atoms with Gasteiger partial charge in [-0.3, -0.25) is 0 Å². The Morgan fingerprint density at radius 3 is 2.35 bits per heavy atom. The number of rotatable bonds is 3. The number of halogens is 1. The summed E-state index contributed by atoms with van der Waals surface area (Å²) in [6, 6.07) is 20.6. The van der Waals surface area contributed by atoms with E-state index in [4.69, 9.17) is 5.10 Å². The van der Waals surface area contributed by atoms with Gasteiger partial charge in [0.2, 0.25) is 0 Å². The molecular formula is C19H13BrN2S. The van der Waals surface area contributed by atoms with E-state index in [9.17, 15) is 0 Å². The van der Waals surface area contributed by atoms with Crippen molar-refractivity contribution in [3.8, 4) is 28.1 Å². The Hall–Kier alpha value is -2.17. The lowest BCUT2D eigenvalue weighted by atomic mass is 10.0. The number of nitrogens with zero attached hydrogens (tertiary/aromatic N) is 2. The van der Waals surface area contributed by atoms with Crippen molar-refractivity contribution in [1.82, 2.24) is 9.78 Å². The summed E-state index contributed by atoms with van der Waals surface area (Å²) in [5.41, 5.74) is 5.53. The fourth-order valence-corrected chi connectivity index (χ4v) is 3.46. The van der Waals surface area contributed by atoms with E-state index >= 15 is 0 Å². The predicted octanol–water partition coefficient (Wildman–Crippen LogP) is 6.03. The molecule has 0 aliphatic rings. The van der Waals surface area contributed by atoms with Crippen molar-refractivity contribution in [2.45, 2.75) is 0 Å². The number of hydrogen-bond acceptors (Lipinski definition) is 2. The number of thiophene rings is 1. The van der Waals surface area contributed by atoms with Gasteiger partial charge in [-0.15, -0.1) is 0 Å². The Balaban J connectivity index is 1.89. The van der Waals surface area contributed by atoms with Crippen LogP contribution in [-0.2, 0) is 0 Å². The van der Waals surface area contributed by atoms with Crippen LogP contribution in [-0.4, -0.2) is 9.78 Å². The van der Waals surface area contributed by atoms with Gasteiger partial charge >= 0.3 is 0 Å². The third kappa shape index (κ3) is 2.87. The number of aromatic nitrogens is 2. The largest absolute Gasteiger partial charge is 0.240 e. The Kier molecular flexibility index (Phi) is 3.85. The van der Waals surface area contributed by atoms with Crippen LogP contribution in [0, 0.1) is 0 Å². The minimum atomic E-state index is 1.000. The van der Waals surface area contributed by atoms with Crippen LogP contribution in [0.5, 0.6) is 0 Å². The van der Waals surface area contributed by atoms with Crippen LogP contribution in [0.4, 0.5) is 0 Å². The van der Waals surface area contributed by atoms with E-state index in [1.807, 2.05) is 35.0 Å². The van der Waals surface area contributed by atoms with Gasteiger partial charge < -0.3 is 0 Å². The highest BCUT2D eigenvalue weighted by molar-refractivity contribution is 9.10. The molecule has 0 saturated heterocycles. The smallest absolute Gasteiger partial charge is 0.101 e. The average molecular weight is 381 g/mol. The molecule has 0 aliphatic heterocycles. The molecule has 2 aromatic carbocycles. The maximum absolute atomic E-state index is 4.84. The van der Waals surface area contributed by atoms with Crippen LogP contribution >= 0.6 is 27.3 Å². The molecule has 0 bridgehead atoms. The van der Waals surface area contributed by atoms with Crippen LogP contribution in [0.25, 0.3) is 28.1 Å². The molecule has 112 valence electrons. The van der Waals surface area contributed by atoms with Crippen LogP contribution < -0.4 is 0 Å². The summed E-state index contributed by atoms with van der Waals surface area (Å²) in [6.07, 6.45) is 2.11. The lowest BCUT2D eigenvalue weighted by Gasteiger charge is -2.01. The van der Waals surface area contributed by atoms with Gasteiger partial charge in [0.1, 0.15) is 5.69 Å². The first-order chi connectivity index (χ1) is 11.3. The van der Waals surface area contributed by atoms with Crippen molar-refractivity contribution >= 4 is 27.3 Å². The van der Waals surface area contributed by atoms with Crippen molar-refractivity contribution in [2.24, 2.45) is 0 Å². The van der Waals surface area contributed by atoms with Gasteiger partial charge in [0.15, 0.2) is 0 Å². The average Bonchev–Trinajstić information content (AvgIpc) is 3.26. The molecule has 0 N–H and O–H groups in total. The van der Waals surface area contributed by atoms with E-state index in [1.165, 1.54) is 5.56 Å². The van der Waals surface area contributed by atoms with Gasteiger partial charge in [-0.05, 0) is 46.7 Å². The molecular weight excluding hydrogens is 368 g/mol. The van der Waals surface area contributed by atoms with Crippen molar-refractivity contribution in [2.75, 3.05) is 0 Å². The van der Waals surface area contributed by atoms with Crippen molar-refractivity contribution in [1.29, 1.82) is 0 Å². The Labute approximate surface area is 147 Å². The first-order valence-corrected chi connectivity index (χ1v) is 8.98. The molecule has 0 aliphatic carbocycles. The summed E-state index contributed by atoms with van der Waals surface area (Å²) in [5, 5.41) is 9.10. The molecule has 0 atom stereocenters. The lowest BCUT2D eigenvalue weighted by molar-refractivity contribution is 0.884. The minimum Gasteiger partial charge on any atom is -0.240 e. The van der Waals surface area contributed by atoms with Gasteiger partial charge in [-0.1, -0.05) is 46.3 Å². The Morgan fingerprint density at radius 2 is 1.65 bits per heavy atom. The molecule has 0 fully saturated rings. The highest BCUT2D eigenvalue weighted by Crippen LogP contribution is 2.33. The molecule has 0 amide bonds. The van der Waals surface area contributed by atoms with Gasteiger partial charge in [-0.2, -0.15) is 16.4 Å². The van der Waals surface area contributed by atoms with Crippen LogP contribution in [0.3, 0.4) is 0 Å². The van der Waals surface area contributed by atoms with E-state index in [0.29, 0.717) is 0 Å². The third-order valence-corrected chi connectivity index (χ3v) is 4.90. The molecule has 2 aromatic heterocycles. The van der Waals surface area contributed by atoms with Gasteiger partial charge in [0.05, 0.1) is 5.69 Å². The van der Waals surface area contributed by atoms with Crippen molar-refractivity contribution < 1.29 is 0 Å². The molecule has 0 saturated carbocycles. The maximum Gasteiger partial charge on any atom is 0.101 e. The Morgan fingerprint density at radius 1 is 0.870 bits per heavy atom. The normalized spacial score (nSPS) is 10.8. The first kappa shape index (κ1) is 14.4. The van der Waals surface area contributed by atoms with E-state index in [-0.39, 0.29) is 0 Å². The standard InChI is InChI=1S/C19H13BrN2S/c20-16-8-6-14(7-9-16)19-18(15-10-11-23-13-15)12-22(21-19)17-4-2-1-3-5-17/h1-13H. The summed E-state index contributed by atoms with van der Waals surface area (Å²) < 4.78 is 3.02. The zero-order valence-corrected chi connectivity index (χ0v) is 14.6. The molecule has 4 aromatic rings. The summed E-state index contributed by atoms with van der Waals surface area (Å²) in [4.78, 5) is 0. The number of para-hydroxylation sites is 1. The second-order valence-electron chi connectivity index (χ2n) is 5.19. The SMILES string of the molecule is Brc1ccc(-c2nn(-c3ccccc3)cc2-c2ccsc2)cc1. The fraction of sp³-hybridized carbons (Fsp3) is 0. The van der Waals surface area contributed by atoms with Gasteiger partial charge in [-0.25, -0.2) is 4.68 Å². The highest BCUT2D eigenvalue weighted by atomic mass is 79.9. The van der Waals surface area contributed by atoms with Gasteiger partial charge in [0, 0.05) is 21.8 Å². The van der Waals surface area contributed by atoms with E-state index < -0.39 is 0 Å². The summed E-state index contributed by atoms with van der Waals surface area (Å²) >= 11 is 5.19. The van der Waals surface area contributed by atoms with Crippen LogP contribution in [0.1, 0.15) is 0 Å². The maximum atomic E-state index is 4.84. The molecule has 0 radical (unpaired) electrons. The van der Waals surface area contributed by atoms with E-state index in [0.717, 1.165) is 27.0 Å². The Bertz CT molecular complexity index is 910. The quantitative estimate of drug-likeness (QED) is 0.424. The van der Waals surface area contributed by atoms with Crippen molar-refractivity contribution in [3.63, 3.8) is 0 Å². The fourth-order valence-electron chi connectivity index (χ4n) is 2.54. The topological polar surface area (TPSA) is 17.8 Å². The van der Waals surface area contributed by atoms with Crippen LogP contribution in [0.15, 0.2) is 82.1 Å². The molecule has 0 unspecified atom stereocenters. The van der Waals surface area contributed by atoms with Crippen LogP contribution in [0.2, 0.25) is 0 Å². The third-order valence-electron chi connectivity index (χ3n) is 3.68. The molecule has 23 heavy (non-hydrogen) atoms. The lowest BCUT2D eigenvalue weighted by Crippen LogP contribution is -1.93. The highest BCUT2D eigenvalue weighted by Gasteiger charge is 2.14. The number of benzene rings is 2. The first-order valence-electron chi connectivity index (χ1n) is 7.25. The predicted molar refractivity (Wildman–Crippen MR) is 100 cm³/mol.